The van der Waals surface area contributed by atoms with E-state index in [2.05, 4.69) is 38.4 Å². The molecule has 1 unspecified atom stereocenters. The van der Waals surface area contributed by atoms with E-state index in [1.165, 1.54) is 34.9 Å². The third kappa shape index (κ3) is 3.19. The standard InChI is InChI=1S/C17H18N4OS2/c1-11(22)20-17-18-8-13(24-17)9-21-6-2-3-15(21)12-4-5-16-14(7-12)19-10-23-16/h4-5,7-8,10,15H,2-3,6,9H2,1H3,(H,18,20,22). The summed E-state index contributed by atoms with van der Waals surface area (Å²) in [6.07, 6.45) is 4.25. The number of benzene rings is 1. The molecule has 1 aliphatic heterocycles. The predicted octanol–water partition coefficient (Wildman–Crippen LogP) is 4.05. The second-order valence-electron chi connectivity index (χ2n) is 6.02. The van der Waals surface area contributed by atoms with Gasteiger partial charge in [-0.15, -0.1) is 22.7 Å². The number of thiazole rings is 2. The maximum absolute atomic E-state index is 11.1. The van der Waals surface area contributed by atoms with Crippen molar-refractivity contribution in [1.82, 2.24) is 14.9 Å². The summed E-state index contributed by atoms with van der Waals surface area (Å²) in [5.41, 5.74) is 4.34. The van der Waals surface area contributed by atoms with Crippen molar-refractivity contribution in [3.63, 3.8) is 0 Å². The van der Waals surface area contributed by atoms with Gasteiger partial charge in [0.2, 0.25) is 5.91 Å². The van der Waals surface area contributed by atoms with Crippen LogP contribution in [-0.2, 0) is 11.3 Å². The van der Waals surface area contributed by atoms with Crippen LogP contribution >= 0.6 is 22.7 Å². The first-order valence-corrected chi connectivity index (χ1v) is 9.68. The number of carbonyl (C=O) groups is 1. The summed E-state index contributed by atoms with van der Waals surface area (Å²) in [4.78, 5) is 23.5. The summed E-state index contributed by atoms with van der Waals surface area (Å²) in [6, 6.07) is 7.08. The number of rotatable bonds is 4. The van der Waals surface area contributed by atoms with Gasteiger partial charge in [-0.1, -0.05) is 6.07 Å². The molecule has 1 aliphatic rings. The highest BCUT2D eigenvalue weighted by molar-refractivity contribution is 7.16. The van der Waals surface area contributed by atoms with Crippen molar-refractivity contribution in [3.8, 4) is 0 Å². The second-order valence-corrected chi connectivity index (χ2v) is 8.02. The summed E-state index contributed by atoms with van der Waals surface area (Å²) in [6.45, 7) is 3.47. The second kappa shape index (κ2) is 6.58. The minimum Gasteiger partial charge on any atom is -0.302 e. The van der Waals surface area contributed by atoms with E-state index in [0.717, 1.165) is 18.6 Å². The van der Waals surface area contributed by atoms with Crippen LogP contribution in [0.2, 0.25) is 0 Å². The van der Waals surface area contributed by atoms with Gasteiger partial charge in [-0.2, -0.15) is 0 Å². The lowest BCUT2D eigenvalue weighted by Gasteiger charge is -2.24. The SMILES string of the molecule is CC(=O)Nc1ncc(CN2CCCC2c2ccc3scnc3c2)s1. The number of fused-ring (bicyclic) bond motifs is 1. The fourth-order valence-electron chi connectivity index (χ4n) is 3.26. The lowest BCUT2D eigenvalue weighted by Crippen LogP contribution is -2.22. The van der Waals surface area contributed by atoms with Crippen molar-refractivity contribution in [2.24, 2.45) is 0 Å². The van der Waals surface area contributed by atoms with E-state index >= 15 is 0 Å². The van der Waals surface area contributed by atoms with Crippen LogP contribution in [0.4, 0.5) is 5.13 Å². The normalized spacial score (nSPS) is 18.3. The predicted molar refractivity (Wildman–Crippen MR) is 98.4 cm³/mol. The molecular formula is C17H18N4OS2. The Morgan fingerprint density at radius 3 is 3.21 bits per heavy atom. The van der Waals surface area contributed by atoms with Crippen molar-refractivity contribution in [2.75, 3.05) is 11.9 Å². The molecule has 2 aromatic heterocycles. The topological polar surface area (TPSA) is 58.1 Å². The average Bonchev–Trinajstić information content (AvgIpc) is 3.27. The van der Waals surface area contributed by atoms with Crippen LogP contribution in [0.15, 0.2) is 29.9 Å². The van der Waals surface area contributed by atoms with Crippen LogP contribution in [0.1, 0.15) is 36.2 Å². The molecule has 1 amide bonds. The molecule has 0 aliphatic carbocycles. The Kier molecular flexibility index (Phi) is 4.30. The number of likely N-dealkylation sites (tertiary alicyclic amines) is 1. The molecule has 1 fully saturated rings. The van der Waals surface area contributed by atoms with Gasteiger partial charge < -0.3 is 5.32 Å². The molecule has 5 nitrogen and oxygen atoms in total. The highest BCUT2D eigenvalue weighted by Gasteiger charge is 2.26. The maximum atomic E-state index is 11.1. The van der Waals surface area contributed by atoms with Gasteiger partial charge in [0.15, 0.2) is 5.13 Å². The zero-order chi connectivity index (χ0) is 16.5. The first-order valence-electron chi connectivity index (χ1n) is 7.98. The molecule has 7 heteroatoms. The van der Waals surface area contributed by atoms with Gasteiger partial charge in [0, 0.05) is 30.6 Å². The van der Waals surface area contributed by atoms with Crippen LogP contribution < -0.4 is 5.32 Å². The number of carbonyl (C=O) groups excluding carboxylic acids is 1. The minimum atomic E-state index is -0.0773. The zero-order valence-electron chi connectivity index (χ0n) is 13.4. The quantitative estimate of drug-likeness (QED) is 0.764. The molecule has 3 heterocycles. The smallest absolute Gasteiger partial charge is 0.223 e. The highest BCUT2D eigenvalue weighted by atomic mass is 32.1. The molecule has 24 heavy (non-hydrogen) atoms. The molecule has 124 valence electrons. The number of nitrogens with one attached hydrogen (secondary N) is 1. The van der Waals surface area contributed by atoms with Gasteiger partial charge in [-0.3, -0.25) is 9.69 Å². The summed E-state index contributed by atoms with van der Waals surface area (Å²) in [5, 5.41) is 3.43. The van der Waals surface area contributed by atoms with Crippen molar-refractivity contribution in [1.29, 1.82) is 0 Å². The molecule has 3 aromatic rings. The molecule has 4 rings (SSSR count). The Bertz CT molecular complexity index is 872. The largest absolute Gasteiger partial charge is 0.302 e. The van der Waals surface area contributed by atoms with Crippen LogP contribution in [0, 0.1) is 0 Å². The molecule has 0 saturated carbocycles. The van der Waals surface area contributed by atoms with Gasteiger partial charge in [-0.25, -0.2) is 9.97 Å². The van der Waals surface area contributed by atoms with E-state index in [1.807, 2.05) is 11.7 Å². The zero-order valence-corrected chi connectivity index (χ0v) is 15.0. The minimum absolute atomic E-state index is 0.0773. The molecule has 1 saturated heterocycles. The molecule has 0 spiro atoms. The Labute approximate surface area is 148 Å². The summed E-state index contributed by atoms with van der Waals surface area (Å²) < 4.78 is 1.24. The number of nitrogens with zero attached hydrogens (tertiary/aromatic N) is 3. The van der Waals surface area contributed by atoms with Crippen molar-refractivity contribution in [3.05, 3.63) is 40.3 Å². The van der Waals surface area contributed by atoms with Gasteiger partial charge in [0.05, 0.1) is 15.7 Å². The molecule has 1 N–H and O–H groups in total. The van der Waals surface area contributed by atoms with Crippen molar-refractivity contribution in [2.45, 2.75) is 32.4 Å². The van der Waals surface area contributed by atoms with Crippen LogP contribution in [-0.4, -0.2) is 27.3 Å². The number of hydrogen-bond donors (Lipinski definition) is 1. The fraction of sp³-hybridized carbons (Fsp3) is 0.353. The third-order valence-electron chi connectivity index (χ3n) is 4.30. The monoisotopic (exact) mass is 358 g/mol. The highest BCUT2D eigenvalue weighted by Crippen LogP contribution is 2.35. The van der Waals surface area contributed by atoms with Crippen molar-refractivity contribution < 1.29 is 4.79 Å². The van der Waals surface area contributed by atoms with Gasteiger partial charge in [0.1, 0.15) is 0 Å². The Morgan fingerprint density at radius 2 is 2.33 bits per heavy atom. The maximum Gasteiger partial charge on any atom is 0.223 e. The van der Waals surface area contributed by atoms with Crippen LogP contribution in [0.25, 0.3) is 10.2 Å². The average molecular weight is 358 g/mol. The molecule has 1 aromatic carbocycles. The first-order chi connectivity index (χ1) is 11.7. The van der Waals surface area contributed by atoms with Gasteiger partial charge in [-0.05, 0) is 37.1 Å². The molecule has 0 bridgehead atoms. The van der Waals surface area contributed by atoms with E-state index in [4.69, 9.17) is 0 Å². The van der Waals surface area contributed by atoms with E-state index in [-0.39, 0.29) is 5.91 Å². The van der Waals surface area contributed by atoms with E-state index in [0.29, 0.717) is 11.2 Å². The van der Waals surface area contributed by atoms with Crippen LogP contribution in [0.5, 0.6) is 0 Å². The van der Waals surface area contributed by atoms with Gasteiger partial charge >= 0.3 is 0 Å². The van der Waals surface area contributed by atoms with Crippen molar-refractivity contribution >= 4 is 43.9 Å². The Balaban J connectivity index is 1.52. The summed E-state index contributed by atoms with van der Waals surface area (Å²) in [5.74, 6) is -0.0773. The third-order valence-corrected chi connectivity index (χ3v) is 6.01. The Hall–Kier alpha value is -1.83. The number of amides is 1. The first kappa shape index (κ1) is 15.7. The fourth-order valence-corrected chi connectivity index (χ4v) is 4.81. The molecule has 1 atom stereocenters. The lowest BCUT2D eigenvalue weighted by molar-refractivity contribution is -0.114. The van der Waals surface area contributed by atoms with E-state index < -0.39 is 0 Å². The molecular weight excluding hydrogens is 340 g/mol. The van der Waals surface area contributed by atoms with Gasteiger partial charge in [0.25, 0.3) is 0 Å². The lowest BCUT2D eigenvalue weighted by atomic mass is 10.0. The van der Waals surface area contributed by atoms with E-state index in [1.54, 1.807) is 22.7 Å². The molecule has 0 radical (unpaired) electrons. The summed E-state index contributed by atoms with van der Waals surface area (Å²) in [7, 11) is 0. The Morgan fingerprint density at radius 1 is 1.42 bits per heavy atom. The van der Waals surface area contributed by atoms with E-state index in [9.17, 15) is 4.79 Å². The van der Waals surface area contributed by atoms with Crippen LogP contribution in [0.3, 0.4) is 0 Å². The number of aromatic nitrogens is 2. The number of anilines is 1. The number of hydrogen-bond acceptors (Lipinski definition) is 6. The summed E-state index contributed by atoms with van der Waals surface area (Å²) >= 11 is 3.24.